The van der Waals surface area contributed by atoms with Crippen molar-refractivity contribution < 1.29 is 90.2 Å². The molecule has 154 valence electrons. The first-order valence-corrected chi connectivity index (χ1v) is 10.5. The van der Waals surface area contributed by atoms with Gasteiger partial charge in [0.25, 0.3) is 0 Å². The Kier molecular flexibility index (Phi) is 203. The summed E-state index contributed by atoms with van der Waals surface area (Å²) < 4.78 is 20.8. The molecule has 0 atom stereocenters. The van der Waals surface area contributed by atoms with Gasteiger partial charge in [0.2, 0.25) is 0 Å². The van der Waals surface area contributed by atoms with Gasteiger partial charge in [-0.05, 0) is 0 Å². The van der Waals surface area contributed by atoms with Crippen molar-refractivity contribution in [3.63, 3.8) is 0 Å². The topological polar surface area (TPSA) is 407 Å². The van der Waals surface area contributed by atoms with E-state index in [2.05, 4.69) is 0 Å². The SMILES string of the molecule is [Ca+2].[Ca+2].[Ca+2].[H+].[H+].[H+].[O-]P([O-])[O-].[O-]P([O-])[O-].[O-]P([O-])[O-].[O-]P([O-])[O-].[O-]P([O-])[O-].[OH][Al+2].[OH][Al+2].[OH][Al+2]. The van der Waals surface area contributed by atoms with Crippen LogP contribution >= 0.6 is 43.0 Å². The van der Waals surface area contributed by atoms with E-state index < -0.39 is 43.0 Å². The molecule has 0 aromatic rings. The van der Waals surface area contributed by atoms with Gasteiger partial charge in [-0.15, -0.1) is 0 Å². The van der Waals surface area contributed by atoms with Crippen LogP contribution in [0, 0.1) is 0 Å². The first kappa shape index (κ1) is 70.5. The summed E-state index contributed by atoms with van der Waals surface area (Å²) in [6.07, 6.45) is 0. The minimum atomic E-state index is -3.37. The number of hydrogen-bond acceptors (Lipinski definition) is 18. The second-order valence-corrected chi connectivity index (χ2v) is 3.35. The van der Waals surface area contributed by atoms with Gasteiger partial charge in [-0.3, -0.25) is 0 Å². The molecular formula is H6Al3Ca3O18P5. The molecule has 29 heteroatoms. The maximum absolute atomic E-state index is 8.48. The van der Waals surface area contributed by atoms with Gasteiger partial charge in [-0.1, -0.05) is 0 Å². The van der Waals surface area contributed by atoms with Crippen molar-refractivity contribution >= 4 is 206 Å². The third-order valence-corrected chi connectivity index (χ3v) is 0. The first-order chi connectivity index (χ1) is 11.7. The van der Waals surface area contributed by atoms with E-state index in [0.717, 1.165) is 0 Å². The summed E-state index contributed by atoms with van der Waals surface area (Å²) in [4.78, 5) is 127. The second kappa shape index (κ2) is 83.7. The summed E-state index contributed by atoms with van der Waals surface area (Å²) in [6.45, 7) is 0. The van der Waals surface area contributed by atoms with Crippen LogP contribution < -0.4 is 73.4 Å². The summed E-state index contributed by atoms with van der Waals surface area (Å²) >= 11 is 4.25. The molecule has 0 amide bonds. The van der Waals surface area contributed by atoms with E-state index in [-0.39, 0.29) is 117 Å². The molecule has 29 heavy (non-hydrogen) atoms. The van der Waals surface area contributed by atoms with Gasteiger partial charge in [0.15, 0.2) is 0 Å². The van der Waals surface area contributed by atoms with Crippen molar-refractivity contribution in [1.82, 2.24) is 0 Å². The molecule has 0 aliphatic heterocycles. The fraction of sp³-hybridized carbons (Fsp3) is 0. The third-order valence-electron chi connectivity index (χ3n) is 0. The van der Waals surface area contributed by atoms with Gasteiger partial charge in [-0.25, -0.2) is 0 Å². The molecule has 18 nitrogen and oxygen atoms in total. The molecule has 0 heterocycles. The number of rotatable bonds is 0. The van der Waals surface area contributed by atoms with Crippen LogP contribution in [0.1, 0.15) is 4.28 Å². The molecular weight excluding hydrogens is 644 g/mol. The van der Waals surface area contributed by atoms with E-state index in [4.69, 9.17) is 85.9 Å². The maximum atomic E-state index is 8.48. The summed E-state index contributed by atoms with van der Waals surface area (Å²) in [5, 5.41) is 0. The van der Waals surface area contributed by atoms with Crippen molar-refractivity contribution in [1.29, 1.82) is 0 Å². The zero-order valence-corrected chi connectivity index (χ0v) is 28.1. The Labute approximate surface area is 291 Å². The minimum absolute atomic E-state index is 0. The van der Waals surface area contributed by atoms with E-state index >= 15 is 0 Å². The Morgan fingerprint density at radius 3 is 0.310 bits per heavy atom. The Balaban J connectivity index is -0.00000000954. The molecule has 0 aliphatic rings. The van der Waals surface area contributed by atoms with Crippen LogP contribution in [0.5, 0.6) is 0 Å². The van der Waals surface area contributed by atoms with Gasteiger partial charge in [0.1, 0.15) is 0 Å². The van der Waals surface area contributed by atoms with Crippen LogP contribution in [0.4, 0.5) is 0 Å². The number of hydrogen-bond donors (Lipinski definition) is 3. The molecule has 3 N–H and O–H groups in total. The van der Waals surface area contributed by atoms with Crippen LogP contribution in [-0.2, 0) is 0 Å². The van der Waals surface area contributed by atoms with Gasteiger partial charge in [-0.2, -0.15) is 0 Å². The zero-order valence-electron chi connectivity index (χ0n) is 16.6. The van der Waals surface area contributed by atoms with E-state index in [9.17, 15) is 0 Å². The van der Waals surface area contributed by atoms with E-state index in [1.165, 1.54) is 49.9 Å². The molecule has 0 saturated heterocycles. The van der Waals surface area contributed by atoms with Gasteiger partial charge in [0, 0.05) is 0 Å². The molecule has 0 radical (unpaired) electrons. The van der Waals surface area contributed by atoms with Crippen LogP contribution in [-0.4, -0.2) is 176 Å². The summed E-state index contributed by atoms with van der Waals surface area (Å²) in [5.74, 6) is 0. The average molecular weight is 650 g/mol. The van der Waals surface area contributed by atoms with Crippen molar-refractivity contribution in [2.24, 2.45) is 0 Å². The predicted molar refractivity (Wildman–Crippen MR) is 79.1 cm³/mol. The van der Waals surface area contributed by atoms with Crippen molar-refractivity contribution in [3.8, 4) is 0 Å². The average Bonchev–Trinajstić information content (AvgIpc) is 2.41. The summed E-state index contributed by atoms with van der Waals surface area (Å²) in [7, 11) is -16.9. The van der Waals surface area contributed by atoms with E-state index in [0.29, 0.717) is 0 Å². The third kappa shape index (κ3) is 809. The molecule has 0 saturated carbocycles. The standard InChI is InChI=1S/3Al.3Ca.5O3P.3H2O/c;;;;;;5*1-4(2)3;;;/h;;;;;;;;;;;3*1H2/q3*+3;3*+2;5*-3;;;. The van der Waals surface area contributed by atoms with Crippen molar-refractivity contribution in [3.05, 3.63) is 0 Å². The molecule has 0 aromatic heterocycles. The van der Waals surface area contributed by atoms with E-state index in [1.54, 1.807) is 0 Å². The fourth-order valence-corrected chi connectivity index (χ4v) is 0. The van der Waals surface area contributed by atoms with Crippen LogP contribution in [0.25, 0.3) is 0 Å². The van der Waals surface area contributed by atoms with Gasteiger partial charge in [0.05, 0.1) is 0 Å². The first-order valence-electron chi connectivity index (χ1n) is 3.51. The van der Waals surface area contributed by atoms with Crippen LogP contribution in [0.2, 0.25) is 0 Å². The fourth-order valence-electron chi connectivity index (χ4n) is 0. The molecule has 0 rings (SSSR count). The Hall–Kier alpha value is 6.81. The van der Waals surface area contributed by atoms with Crippen molar-refractivity contribution in [2.75, 3.05) is 0 Å². The van der Waals surface area contributed by atoms with E-state index in [1.807, 2.05) is 0 Å². The molecule has 0 unspecified atom stereocenters. The molecule has 0 aliphatic carbocycles. The van der Waals surface area contributed by atoms with Gasteiger partial charge < -0.3 is 116 Å². The quantitative estimate of drug-likeness (QED) is 0.162. The molecule has 0 bridgehead atoms. The van der Waals surface area contributed by atoms with Crippen molar-refractivity contribution in [2.45, 2.75) is 0 Å². The second-order valence-electron chi connectivity index (χ2n) is 1.12. The molecule has 0 fully saturated rings. The Morgan fingerprint density at radius 2 is 0.310 bits per heavy atom. The van der Waals surface area contributed by atoms with Crippen LogP contribution in [0.3, 0.4) is 0 Å². The Morgan fingerprint density at radius 1 is 0.310 bits per heavy atom. The zero-order chi connectivity index (χ0) is 23.9. The molecule has 0 aromatic carbocycles. The molecule has 0 spiro atoms. The Bertz CT molecular complexity index is 118. The summed E-state index contributed by atoms with van der Waals surface area (Å²) in [6, 6.07) is 0. The normalized spacial score (nSPS) is 6.93. The monoisotopic (exact) mass is 650 g/mol. The van der Waals surface area contributed by atoms with Crippen LogP contribution in [0.15, 0.2) is 0 Å². The van der Waals surface area contributed by atoms with Gasteiger partial charge >= 0.3 is 180 Å². The predicted octanol–water partition coefficient (Wildman–Crippen LogP) is -17.1. The summed E-state index contributed by atoms with van der Waals surface area (Å²) in [5.41, 5.74) is 0.